The summed E-state index contributed by atoms with van der Waals surface area (Å²) in [4.78, 5) is 14.5. The Kier molecular flexibility index (Phi) is 4.43. The van der Waals surface area contributed by atoms with Gasteiger partial charge in [-0.25, -0.2) is 0 Å². The van der Waals surface area contributed by atoms with Gasteiger partial charge < -0.3 is 9.32 Å². The van der Waals surface area contributed by atoms with Gasteiger partial charge in [0.25, 0.3) is 5.91 Å². The van der Waals surface area contributed by atoms with Crippen LogP contribution in [-0.4, -0.2) is 31.0 Å². The Labute approximate surface area is 111 Å². The minimum atomic E-state index is -1.55. The maximum Gasteiger partial charge on any atom is 0.289 e. The third-order valence-electron chi connectivity index (χ3n) is 3.01. The summed E-state index contributed by atoms with van der Waals surface area (Å²) in [7, 11) is -1.55. The Bertz CT molecular complexity index is 408. The molecule has 3 nitrogen and oxygen atoms in total. The predicted octanol–water partition coefficient (Wildman–Crippen LogP) is 3.08. The Hall–Kier alpha value is -1.03. The van der Waals surface area contributed by atoms with Gasteiger partial charge in [-0.15, -0.1) is 0 Å². The molecule has 1 aromatic rings. The Morgan fingerprint density at radius 1 is 1.17 bits per heavy atom. The molecule has 0 atom stereocenters. The summed E-state index contributed by atoms with van der Waals surface area (Å²) < 4.78 is 5.48. The van der Waals surface area contributed by atoms with E-state index in [1.807, 2.05) is 38.7 Å². The second kappa shape index (κ2) is 5.30. The first-order chi connectivity index (χ1) is 8.16. The van der Waals surface area contributed by atoms with E-state index in [-0.39, 0.29) is 18.0 Å². The van der Waals surface area contributed by atoms with Crippen LogP contribution in [0.3, 0.4) is 0 Å². The number of carbonyl (C=O) groups is 1. The average molecular weight is 267 g/mol. The third-order valence-corrected chi connectivity index (χ3v) is 5.02. The highest BCUT2D eigenvalue weighted by Crippen LogP contribution is 2.15. The van der Waals surface area contributed by atoms with E-state index in [1.54, 1.807) is 6.26 Å². The fourth-order valence-corrected chi connectivity index (χ4v) is 3.66. The number of hydrogen-bond acceptors (Lipinski definition) is 2. The zero-order valence-electron chi connectivity index (χ0n) is 12.6. The van der Waals surface area contributed by atoms with Gasteiger partial charge in [0.2, 0.25) is 0 Å². The van der Waals surface area contributed by atoms with Crippen molar-refractivity contribution in [3.8, 4) is 0 Å². The molecule has 1 amide bonds. The van der Waals surface area contributed by atoms with Gasteiger partial charge in [0, 0.05) is 12.1 Å². The normalized spacial score (nSPS) is 12.3. The molecular weight excluding hydrogens is 242 g/mol. The molecule has 0 radical (unpaired) electrons. The molecule has 0 aliphatic heterocycles. The summed E-state index contributed by atoms with van der Waals surface area (Å²) in [5.41, 5.74) is 0. The van der Waals surface area contributed by atoms with Crippen molar-refractivity contribution in [3.05, 3.63) is 18.1 Å². The number of amides is 1. The van der Waals surface area contributed by atoms with Crippen LogP contribution in [0.5, 0.6) is 0 Å². The van der Waals surface area contributed by atoms with Gasteiger partial charge in [-0.3, -0.25) is 4.79 Å². The molecule has 1 rings (SSSR count). The van der Waals surface area contributed by atoms with Gasteiger partial charge in [-0.1, -0.05) is 19.6 Å². The lowest BCUT2D eigenvalue weighted by molar-refractivity contribution is 0.0612. The highest BCUT2D eigenvalue weighted by Gasteiger charge is 2.31. The average Bonchev–Trinajstić information content (AvgIpc) is 2.63. The molecule has 1 heterocycles. The second-order valence-electron chi connectivity index (χ2n) is 6.31. The van der Waals surface area contributed by atoms with Crippen LogP contribution >= 0.6 is 0 Å². The summed E-state index contributed by atoms with van der Waals surface area (Å²) in [5, 5.41) is 1.11. The summed E-state index contributed by atoms with van der Waals surface area (Å²) in [6.45, 7) is 14.8. The minimum absolute atomic E-state index is 0.0161. The molecule has 0 aliphatic rings. The highest BCUT2D eigenvalue weighted by atomic mass is 28.3. The zero-order chi connectivity index (χ0) is 14.1. The van der Waals surface area contributed by atoms with Crippen molar-refractivity contribution in [2.45, 2.75) is 59.4 Å². The van der Waals surface area contributed by atoms with Crippen LogP contribution in [0.4, 0.5) is 0 Å². The van der Waals surface area contributed by atoms with Crippen molar-refractivity contribution in [1.82, 2.24) is 4.90 Å². The van der Waals surface area contributed by atoms with Crippen molar-refractivity contribution in [1.29, 1.82) is 0 Å². The maximum absolute atomic E-state index is 12.6. The molecule has 0 unspecified atom stereocenters. The van der Waals surface area contributed by atoms with E-state index in [0.717, 1.165) is 5.19 Å². The van der Waals surface area contributed by atoms with Gasteiger partial charge in [0.05, 0.1) is 14.3 Å². The molecule has 0 aliphatic carbocycles. The van der Waals surface area contributed by atoms with Crippen molar-refractivity contribution in [2.24, 2.45) is 0 Å². The van der Waals surface area contributed by atoms with Crippen molar-refractivity contribution in [3.63, 3.8) is 0 Å². The number of furan rings is 1. The standard InChI is InChI=1S/C14H25NO2Si/c1-10(2)15(11(3)4)14(16)13-12(8-9-17-13)18(5,6)7/h8-11H,1-7H3. The molecule has 0 fully saturated rings. The van der Waals surface area contributed by atoms with E-state index in [2.05, 4.69) is 19.6 Å². The molecule has 18 heavy (non-hydrogen) atoms. The molecule has 0 bridgehead atoms. The van der Waals surface area contributed by atoms with Crippen molar-refractivity contribution in [2.75, 3.05) is 0 Å². The van der Waals surface area contributed by atoms with Gasteiger partial charge in [-0.05, 0) is 38.9 Å². The van der Waals surface area contributed by atoms with Gasteiger partial charge in [0.15, 0.2) is 5.76 Å². The first-order valence-corrected chi connectivity index (χ1v) is 10.1. The molecule has 0 saturated carbocycles. The van der Waals surface area contributed by atoms with Crippen LogP contribution in [-0.2, 0) is 0 Å². The Morgan fingerprint density at radius 3 is 2.06 bits per heavy atom. The second-order valence-corrected chi connectivity index (χ2v) is 11.4. The number of hydrogen-bond donors (Lipinski definition) is 0. The van der Waals surface area contributed by atoms with Crippen LogP contribution in [0, 0.1) is 0 Å². The molecular formula is C14H25NO2Si. The first-order valence-electron chi connectivity index (χ1n) is 6.57. The summed E-state index contributed by atoms with van der Waals surface area (Å²) >= 11 is 0. The van der Waals surface area contributed by atoms with Gasteiger partial charge in [0.1, 0.15) is 0 Å². The van der Waals surface area contributed by atoms with Crippen LogP contribution < -0.4 is 5.19 Å². The highest BCUT2D eigenvalue weighted by molar-refractivity contribution is 6.89. The molecule has 0 spiro atoms. The maximum atomic E-state index is 12.6. The van der Waals surface area contributed by atoms with E-state index in [4.69, 9.17) is 4.42 Å². The van der Waals surface area contributed by atoms with E-state index < -0.39 is 8.07 Å². The molecule has 0 N–H and O–H groups in total. The Balaban J connectivity index is 3.15. The zero-order valence-corrected chi connectivity index (χ0v) is 13.6. The van der Waals surface area contributed by atoms with E-state index in [0.29, 0.717) is 5.76 Å². The van der Waals surface area contributed by atoms with Gasteiger partial charge in [-0.2, -0.15) is 0 Å². The number of nitrogens with zero attached hydrogens (tertiary/aromatic N) is 1. The lowest BCUT2D eigenvalue weighted by Gasteiger charge is -2.31. The lowest BCUT2D eigenvalue weighted by atomic mass is 10.2. The number of carbonyl (C=O) groups excluding carboxylic acids is 1. The third kappa shape index (κ3) is 3.04. The molecule has 1 aromatic heterocycles. The Morgan fingerprint density at radius 2 is 1.67 bits per heavy atom. The minimum Gasteiger partial charge on any atom is -0.459 e. The lowest BCUT2D eigenvalue weighted by Crippen LogP contribution is -2.47. The van der Waals surface area contributed by atoms with E-state index >= 15 is 0 Å². The molecule has 4 heteroatoms. The first kappa shape index (κ1) is 15.0. The molecule has 102 valence electrons. The largest absolute Gasteiger partial charge is 0.459 e. The fraction of sp³-hybridized carbons (Fsp3) is 0.643. The quantitative estimate of drug-likeness (QED) is 0.786. The topological polar surface area (TPSA) is 33.5 Å². The van der Waals surface area contributed by atoms with E-state index in [9.17, 15) is 4.79 Å². The van der Waals surface area contributed by atoms with Crippen LogP contribution in [0.25, 0.3) is 0 Å². The summed E-state index contributed by atoms with van der Waals surface area (Å²) in [6.07, 6.45) is 1.64. The van der Waals surface area contributed by atoms with Gasteiger partial charge >= 0.3 is 0 Å². The monoisotopic (exact) mass is 267 g/mol. The number of rotatable bonds is 4. The predicted molar refractivity (Wildman–Crippen MR) is 78.1 cm³/mol. The summed E-state index contributed by atoms with van der Waals surface area (Å²) in [6, 6.07) is 2.31. The SMILES string of the molecule is CC(C)N(C(=O)c1occc1[Si](C)(C)C)C(C)C. The smallest absolute Gasteiger partial charge is 0.289 e. The fourth-order valence-electron chi connectivity index (χ4n) is 2.25. The van der Waals surface area contributed by atoms with Crippen LogP contribution in [0.1, 0.15) is 38.2 Å². The van der Waals surface area contributed by atoms with Crippen LogP contribution in [0.15, 0.2) is 16.7 Å². The van der Waals surface area contributed by atoms with Crippen molar-refractivity contribution < 1.29 is 9.21 Å². The summed E-state index contributed by atoms with van der Waals surface area (Å²) in [5.74, 6) is 0.555. The molecule has 0 saturated heterocycles. The van der Waals surface area contributed by atoms with Crippen molar-refractivity contribution >= 4 is 19.2 Å². The van der Waals surface area contributed by atoms with Crippen LogP contribution in [0.2, 0.25) is 19.6 Å². The van der Waals surface area contributed by atoms with E-state index in [1.165, 1.54) is 0 Å². The molecule has 0 aromatic carbocycles.